The highest BCUT2D eigenvalue weighted by molar-refractivity contribution is 5.77. The second-order valence-corrected chi connectivity index (χ2v) is 4.10. The molecule has 1 aliphatic heterocycles. The van der Waals surface area contributed by atoms with E-state index in [-0.39, 0.29) is 0 Å². The molecule has 1 saturated heterocycles. The summed E-state index contributed by atoms with van der Waals surface area (Å²) in [7, 11) is 1.84. The van der Waals surface area contributed by atoms with Gasteiger partial charge in [0.2, 0.25) is 5.91 Å². The number of aliphatic hydroxyl groups excluding tert-OH is 2. The second-order valence-electron chi connectivity index (χ2n) is 4.10. The fourth-order valence-corrected chi connectivity index (χ4v) is 0.968. The van der Waals surface area contributed by atoms with Crippen LogP contribution in [0.1, 0.15) is 19.8 Å². The Bertz CT molecular complexity index is 250. The first kappa shape index (κ1) is 14.9. The molecule has 16 heavy (non-hydrogen) atoms. The van der Waals surface area contributed by atoms with Crippen molar-refractivity contribution in [2.24, 2.45) is 5.41 Å². The number of aliphatic hydroxyl groups is 2. The third-order valence-corrected chi connectivity index (χ3v) is 2.52. The Kier molecular flexibility index (Phi) is 5.98. The van der Waals surface area contributed by atoms with Crippen molar-refractivity contribution >= 4 is 11.9 Å². The van der Waals surface area contributed by atoms with Crippen LogP contribution in [0.15, 0.2) is 0 Å². The highest BCUT2D eigenvalue weighted by Crippen LogP contribution is 2.12. The molecule has 6 nitrogen and oxygen atoms in total. The third-order valence-electron chi connectivity index (χ3n) is 2.52. The van der Waals surface area contributed by atoms with Gasteiger partial charge in [-0.2, -0.15) is 0 Å². The van der Waals surface area contributed by atoms with Gasteiger partial charge in [0.15, 0.2) is 0 Å². The second kappa shape index (κ2) is 6.44. The number of nitrogens with zero attached hydrogens (tertiary/aromatic N) is 1. The van der Waals surface area contributed by atoms with Crippen molar-refractivity contribution in [2.75, 3.05) is 26.8 Å². The highest BCUT2D eigenvalue weighted by atomic mass is 16.4. The van der Waals surface area contributed by atoms with Gasteiger partial charge in [-0.1, -0.05) is 0 Å². The minimum absolute atomic E-state index is 0.292. The first-order valence-corrected chi connectivity index (χ1v) is 5.06. The van der Waals surface area contributed by atoms with Crippen molar-refractivity contribution in [3.63, 3.8) is 0 Å². The Morgan fingerprint density at radius 3 is 2.00 bits per heavy atom. The smallest absolute Gasteiger partial charge is 0.314 e. The number of hydrogen-bond acceptors (Lipinski definition) is 4. The summed E-state index contributed by atoms with van der Waals surface area (Å²) < 4.78 is 0. The lowest BCUT2D eigenvalue weighted by atomic mass is 9.94. The van der Waals surface area contributed by atoms with Crippen LogP contribution >= 0.6 is 0 Å². The lowest BCUT2D eigenvalue weighted by Crippen LogP contribution is -2.35. The number of carbonyl (C=O) groups excluding carboxylic acids is 1. The molecule has 0 aliphatic carbocycles. The van der Waals surface area contributed by atoms with Crippen molar-refractivity contribution < 1.29 is 24.9 Å². The molecule has 6 heteroatoms. The number of hydrogen-bond donors (Lipinski definition) is 3. The predicted molar refractivity (Wildman–Crippen MR) is 56.8 cm³/mol. The molecule has 1 heterocycles. The summed E-state index contributed by atoms with van der Waals surface area (Å²) in [5.41, 5.74) is -1.39. The largest absolute Gasteiger partial charge is 0.481 e. The summed E-state index contributed by atoms with van der Waals surface area (Å²) in [6, 6.07) is 0. The standard InChI is InChI=1S/C5H9NO.C5H10O4/c1-6-4-2-3-5(6)7;1-5(2-6,3-7)4(8)9/h2-4H2,1H3;6-7H,2-3H2,1H3,(H,8,9). The molecule has 0 radical (unpaired) electrons. The number of amides is 1. The van der Waals surface area contributed by atoms with Crippen LogP contribution in [0, 0.1) is 5.41 Å². The van der Waals surface area contributed by atoms with E-state index in [0.717, 1.165) is 19.4 Å². The number of carboxylic acid groups (broad SMARTS) is 1. The molecule has 0 saturated carbocycles. The van der Waals surface area contributed by atoms with Gasteiger partial charge in [-0.25, -0.2) is 0 Å². The first-order valence-electron chi connectivity index (χ1n) is 5.06. The van der Waals surface area contributed by atoms with E-state index >= 15 is 0 Å². The number of carbonyl (C=O) groups is 2. The van der Waals surface area contributed by atoms with Crippen LogP contribution in [-0.2, 0) is 9.59 Å². The average molecular weight is 233 g/mol. The maximum atomic E-state index is 10.5. The van der Waals surface area contributed by atoms with Crippen molar-refractivity contribution in [1.82, 2.24) is 4.90 Å². The maximum absolute atomic E-state index is 10.5. The van der Waals surface area contributed by atoms with Gasteiger partial charge in [-0.3, -0.25) is 9.59 Å². The summed E-state index contributed by atoms with van der Waals surface area (Å²) in [4.78, 5) is 22.4. The molecule has 0 aromatic heterocycles. The minimum atomic E-state index is -1.39. The van der Waals surface area contributed by atoms with Gasteiger partial charge >= 0.3 is 5.97 Å². The van der Waals surface area contributed by atoms with Crippen LogP contribution in [0.5, 0.6) is 0 Å². The van der Waals surface area contributed by atoms with Crippen molar-refractivity contribution in [3.05, 3.63) is 0 Å². The van der Waals surface area contributed by atoms with Crippen LogP contribution in [0.2, 0.25) is 0 Å². The van der Waals surface area contributed by atoms with E-state index in [1.807, 2.05) is 7.05 Å². The predicted octanol–water partition coefficient (Wildman–Crippen LogP) is -0.699. The normalized spacial score (nSPS) is 15.8. The van der Waals surface area contributed by atoms with E-state index in [1.54, 1.807) is 4.90 Å². The number of carboxylic acids is 1. The zero-order valence-corrected chi connectivity index (χ0v) is 9.64. The lowest BCUT2D eigenvalue weighted by Gasteiger charge is -2.17. The molecule has 1 aliphatic rings. The Balaban J connectivity index is 0.000000288. The molecular weight excluding hydrogens is 214 g/mol. The summed E-state index contributed by atoms with van der Waals surface area (Å²) in [5.74, 6) is -0.896. The summed E-state index contributed by atoms with van der Waals surface area (Å²) in [6.45, 7) is 1.14. The first-order chi connectivity index (χ1) is 7.37. The number of rotatable bonds is 3. The fraction of sp³-hybridized carbons (Fsp3) is 0.800. The molecule has 3 N–H and O–H groups in total. The SMILES string of the molecule is CC(CO)(CO)C(=O)O.CN1CCCC1=O. The molecule has 1 fully saturated rings. The van der Waals surface area contributed by atoms with E-state index in [0.29, 0.717) is 5.91 Å². The van der Waals surface area contributed by atoms with Gasteiger partial charge in [0, 0.05) is 20.0 Å². The third kappa shape index (κ3) is 4.16. The fourth-order valence-electron chi connectivity index (χ4n) is 0.968. The molecule has 0 aromatic carbocycles. The van der Waals surface area contributed by atoms with Crippen LogP contribution in [0.25, 0.3) is 0 Å². The van der Waals surface area contributed by atoms with Crippen LogP contribution in [0.3, 0.4) is 0 Å². The van der Waals surface area contributed by atoms with Gasteiger partial charge in [0.1, 0.15) is 5.41 Å². The molecule has 0 unspecified atom stereocenters. The summed E-state index contributed by atoms with van der Waals surface area (Å²) in [6.07, 6.45) is 1.81. The number of likely N-dealkylation sites (tertiary alicyclic amines) is 1. The van der Waals surface area contributed by atoms with Crippen LogP contribution in [-0.4, -0.2) is 58.9 Å². The Morgan fingerprint density at radius 2 is 1.94 bits per heavy atom. The molecular formula is C10H19NO5. The van der Waals surface area contributed by atoms with E-state index in [4.69, 9.17) is 15.3 Å². The molecule has 94 valence electrons. The highest BCUT2D eigenvalue weighted by Gasteiger charge is 2.31. The Hall–Kier alpha value is -1.14. The van der Waals surface area contributed by atoms with Gasteiger partial charge in [0.05, 0.1) is 13.2 Å². The van der Waals surface area contributed by atoms with Crippen LogP contribution < -0.4 is 0 Å². The average Bonchev–Trinajstić information content (AvgIpc) is 2.63. The summed E-state index contributed by atoms with van der Waals surface area (Å²) in [5, 5.41) is 25.1. The Morgan fingerprint density at radius 1 is 1.44 bits per heavy atom. The lowest BCUT2D eigenvalue weighted by molar-refractivity contribution is -0.152. The van der Waals surface area contributed by atoms with E-state index in [2.05, 4.69) is 0 Å². The van der Waals surface area contributed by atoms with E-state index < -0.39 is 24.6 Å². The monoisotopic (exact) mass is 233 g/mol. The van der Waals surface area contributed by atoms with Gasteiger partial charge in [-0.15, -0.1) is 0 Å². The van der Waals surface area contributed by atoms with Gasteiger partial charge in [0.25, 0.3) is 0 Å². The van der Waals surface area contributed by atoms with Crippen molar-refractivity contribution in [2.45, 2.75) is 19.8 Å². The van der Waals surface area contributed by atoms with Gasteiger partial charge in [-0.05, 0) is 13.3 Å². The van der Waals surface area contributed by atoms with E-state index in [1.165, 1.54) is 6.92 Å². The number of aliphatic carboxylic acids is 1. The summed E-state index contributed by atoms with van der Waals surface area (Å²) >= 11 is 0. The molecule has 1 rings (SSSR count). The molecule has 0 aromatic rings. The maximum Gasteiger partial charge on any atom is 0.314 e. The molecule has 0 bridgehead atoms. The molecule has 0 spiro atoms. The zero-order chi connectivity index (χ0) is 12.8. The van der Waals surface area contributed by atoms with Crippen molar-refractivity contribution in [3.8, 4) is 0 Å². The quantitative estimate of drug-likeness (QED) is 0.599. The molecule has 0 atom stereocenters. The minimum Gasteiger partial charge on any atom is -0.481 e. The van der Waals surface area contributed by atoms with Crippen LogP contribution in [0.4, 0.5) is 0 Å². The Labute approximate surface area is 94.5 Å². The topological polar surface area (TPSA) is 98.1 Å². The van der Waals surface area contributed by atoms with E-state index in [9.17, 15) is 9.59 Å². The zero-order valence-electron chi connectivity index (χ0n) is 9.64. The van der Waals surface area contributed by atoms with Crippen molar-refractivity contribution in [1.29, 1.82) is 0 Å². The molecule has 1 amide bonds. The van der Waals surface area contributed by atoms with Gasteiger partial charge < -0.3 is 20.2 Å².